The molecule has 1 N–H and O–H groups in total. The van der Waals surface area contributed by atoms with E-state index < -0.39 is 0 Å². The maximum Gasteiger partial charge on any atom is 0.0208 e. The van der Waals surface area contributed by atoms with Crippen molar-refractivity contribution in [1.82, 2.24) is 5.32 Å². The Morgan fingerprint density at radius 2 is 2.00 bits per heavy atom. The molecule has 0 radical (unpaired) electrons. The summed E-state index contributed by atoms with van der Waals surface area (Å²) in [5, 5.41) is 5.74. The number of benzene rings is 1. The van der Waals surface area contributed by atoms with Gasteiger partial charge in [-0.25, -0.2) is 0 Å². The Labute approximate surface area is 113 Å². The van der Waals surface area contributed by atoms with Gasteiger partial charge in [-0.05, 0) is 60.4 Å². The van der Waals surface area contributed by atoms with Crippen molar-refractivity contribution < 1.29 is 0 Å². The number of thiophene rings is 1. The molecule has 0 aliphatic heterocycles. The van der Waals surface area contributed by atoms with E-state index in [0.717, 1.165) is 12.6 Å². The van der Waals surface area contributed by atoms with Crippen LogP contribution in [0.1, 0.15) is 28.8 Å². The van der Waals surface area contributed by atoms with Crippen molar-refractivity contribution in [1.29, 1.82) is 0 Å². The zero-order chi connectivity index (χ0) is 12.5. The molecule has 3 rings (SSSR count). The first kappa shape index (κ1) is 11.9. The lowest BCUT2D eigenvalue weighted by Gasteiger charge is -2.09. The normalized spacial score (nSPS) is 15.0. The molecule has 1 saturated carbocycles. The van der Waals surface area contributed by atoms with Gasteiger partial charge in [0.2, 0.25) is 0 Å². The molecule has 2 aromatic rings. The molecular formula is C16H19NS. The van der Waals surface area contributed by atoms with E-state index in [9.17, 15) is 0 Å². The number of nitrogens with one attached hydrogen (secondary N) is 1. The van der Waals surface area contributed by atoms with Gasteiger partial charge in [-0.15, -0.1) is 11.3 Å². The van der Waals surface area contributed by atoms with E-state index in [4.69, 9.17) is 0 Å². The van der Waals surface area contributed by atoms with Crippen molar-refractivity contribution in [2.24, 2.45) is 0 Å². The lowest BCUT2D eigenvalue weighted by molar-refractivity contribution is 0.687. The highest BCUT2D eigenvalue weighted by Crippen LogP contribution is 2.30. The lowest BCUT2D eigenvalue weighted by Crippen LogP contribution is -2.15. The molecule has 0 saturated heterocycles. The molecule has 1 nitrogen and oxygen atoms in total. The quantitative estimate of drug-likeness (QED) is 0.862. The first-order valence-corrected chi connectivity index (χ1v) is 7.49. The van der Waals surface area contributed by atoms with Crippen LogP contribution in [0.25, 0.3) is 11.1 Å². The number of hydrogen-bond acceptors (Lipinski definition) is 2. The van der Waals surface area contributed by atoms with E-state index in [2.05, 4.69) is 48.8 Å². The van der Waals surface area contributed by atoms with Gasteiger partial charge in [-0.3, -0.25) is 0 Å². The van der Waals surface area contributed by atoms with Gasteiger partial charge in [0.05, 0.1) is 0 Å². The van der Waals surface area contributed by atoms with E-state index in [0.29, 0.717) is 0 Å². The second kappa shape index (κ2) is 4.87. The molecule has 1 fully saturated rings. The second-order valence-electron chi connectivity index (χ2n) is 5.19. The van der Waals surface area contributed by atoms with Crippen LogP contribution in [0.4, 0.5) is 0 Å². The van der Waals surface area contributed by atoms with Crippen molar-refractivity contribution in [3.8, 4) is 11.1 Å². The van der Waals surface area contributed by atoms with Crippen LogP contribution in [-0.2, 0) is 6.54 Å². The molecule has 1 heterocycles. The maximum atomic E-state index is 3.57. The Hall–Kier alpha value is -1.12. The van der Waals surface area contributed by atoms with E-state index in [1.807, 2.05) is 11.3 Å². The number of aryl methyl sites for hydroxylation is 2. The van der Waals surface area contributed by atoms with E-state index in [1.165, 1.54) is 40.0 Å². The van der Waals surface area contributed by atoms with Crippen LogP contribution >= 0.6 is 11.3 Å². The Bertz CT molecular complexity index is 552. The molecule has 94 valence electrons. The third kappa shape index (κ3) is 2.50. The molecule has 0 spiro atoms. The predicted molar refractivity (Wildman–Crippen MR) is 79.1 cm³/mol. The van der Waals surface area contributed by atoms with Crippen LogP contribution in [-0.4, -0.2) is 6.04 Å². The van der Waals surface area contributed by atoms with Crippen LogP contribution in [0.15, 0.2) is 29.6 Å². The summed E-state index contributed by atoms with van der Waals surface area (Å²) in [7, 11) is 0. The van der Waals surface area contributed by atoms with Crippen molar-refractivity contribution in [3.63, 3.8) is 0 Å². The van der Waals surface area contributed by atoms with Crippen LogP contribution in [0.2, 0.25) is 0 Å². The van der Waals surface area contributed by atoms with Crippen molar-refractivity contribution in [2.45, 2.75) is 39.3 Å². The summed E-state index contributed by atoms with van der Waals surface area (Å²) < 4.78 is 0. The fourth-order valence-corrected chi connectivity index (χ4v) is 3.07. The molecule has 2 heteroatoms. The van der Waals surface area contributed by atoms with Gasteiger partial charge in [-0.1, -0.05) is 18.2 Å². The molecule has 0 atom stereocenters. The summed E-state index contributed by atoms with van der Waals surface area (Å²) in [6.07, 6.45) is 2.70. The van der Waals surface area contributed by atoms with Crippen molar-refractivity contribution in [2.75, 3.05) is 0 Å². The summed E-state index contributed by atoms with van der Waals surface area (Å²) in [5.74, 6) is 0. The Morgan fingerprint density at radius 1 is 1.17 bits per heavy atom. The van der Waals surface area contributed by atoms with Gasteiger partial charge < -0.3 is 5.32 Å². The minimum absolute atomic E-state index is 0.782. The highest BCUT2D eigenvalue weighted by Gasteiger charge is 2.19. The topological polar surface area (TPSA) is 12.0 Å². The zero-order valence-corrected chi connectivity index (χ0v) is 11.8. The zero-order valence-electron chi connectivity index (χ0n) is 11.0. The van der Waals surface area contributed by atoms with Crippen LogP contribution in [0, 0.1) is 13.8 Å². The van der Waals surface area contributed by atoms with Crippen LogP contribution in [0.5, 0.6) is 0 Å². The molecule has 1 aliphatic rings. The minimum Gasteiger partial charge on any atom is -0.310 e. The summed E-state index contributed by atoms with van der Waals surface area (Å²) in [4.78, 5) is 1.40. The molecule has 1 aromatic heterocycles. The molecule has 0 amide bonds. The highest BCUT2D eigenvalue weighted by molar-refractivity contribution is 7.10. The standard InChI is InChI=1S/C16H19NS/c1-11-9-13(10-17-14-4-5-14)3-6-15(11)16-7-8-18-12(16)2/h3,6-9,14,17H,4-5,10H2,1-2H3. The minimum atomic E-state index is 0.782. The van der Waals surface area contributed by atoms with Gasteiger partial charge in [0.25, 0.3) is 0 Å². The third-order valence-electron chi connectivity index (χ3n) is 3.61. The maximum absolute atomic E-state index is 3.57. The molecule has 1 aromatic carbocycles. The van der Waals surface area contributed by atoms with Gasteiger partial charge in [-0.2, -0.15) is 0 Å². The number of hydrogen-bond donors (Lipinski definition) is 1. The summed E-state index contributed by atoms with van der Waals surface area (Å²) in [6, 6.07) is 9.86. The average molecular weight is 257 g/mol. The fraction of sp³-hybridized carbons (Fsp3) is 0.375. The monoisotopic (exact) mass is 257 g/mol. The highest BCUT2D eigenvalue weighted by atomic mass is 32.1. The van der Waals surface area contributed by atoms with Crippen LogP contribution in [0.3, 0.4) is 0 Å². The van der Waals surface area contributed by atoms with E-state index in [-0.39, 0.29) is 0 Å². The smallest absolute Gasteiger partial charge is 0.0208 e. The largest absolute Gasteiger partial charge is 0.310 e. The predicted octanol–water partition coefficient (Wildman–Crippen LogP) is 4.28. The summed E-state index contributed by atoms with van der Waals surface area (Å²) in [6.45, 7) is 5.42. The first-order chi connectivity index (χ1) is 8.74. The molecule has 0 bridgehead atoms. The fourth-order valence-electron chi connectivity index (χ4n) is 2.35. The van der Waals surface area contributed by atoms with Crippen molar-refractivity contribution >= 4 is 11.3 Å². The molecule has 0 unspecified atom stereocenters. The summed E-state index contributed by atoms with van der Waals surface area (Å²) >= 11 is 1.82. The molecule has 18 heavy (non-hydrogen) atoms. The van der Waals surface area contributed by atoms with Crippen molar-refractivity contribution in [3.05, 3.63) is 45.6 Å². The lowest BCUT2D eigenvalue weighted by atomic mass is 9.99. The first-order valence-electron chi connectivity index (χ1n) is 6.61. The Kier molecular flexibility index (Phi) is 3.23. The van der Waals surface area contributed by atoms with Crippen LogP contribution < -0.4 is 5.32 Å². The second-order valence-corrected chi connectivity index (χ2v) is 6.32. The molecular weight excluding hydrogens is 238 g/mol. The average Bonchev–Trinajstić information content (AvgIpc) is 3.09. The Balaban J connectivity index is 1.82. The SMILES string of the molecule is Cc1cc(CNC2CC2)ccc1-c1ccsc1C. The number of rotatable bonds is 4. The Morgan fingerprint density at radius 3 is 2.61 bits per heavy atom. The van der Waals surface area contributed by atoms with Gasteiger partial charge in [0, 0.05) is 17.5 Å². The van der Waals surface area contributed by atoms with E-state index >= 15 is 0 Å². The van der Waals surface area contributed by atoms with Gasteiger partial charge in [0.15, 0.2) is 0 Å². The van der Waals surface area contributed by atoms with E-state index in [1.54, 1.807) is 0 Å². The third-order valence-corrected chi connectivity index (χ3v) is 4.46. The summed E-state index contributed by atoms with van der Waals surface area (Å²) in [5.41, 5.74) is 5.55. The van der Waals surface area contributed by atoms with Gasteiger partial charge in [0.1, 0.15) is 0 Å². The van der Waals surface area contributed by atoms with Gasteiger partial charge >= 0.3 is 0 Å². The molecule has 1 aliphatic carbocycles.